The van der Waals surface area contributed by atoms with E-state index in [1.54, 1.807) is 19.2 Å². The van der Waals surface area contributed by atoms with E-state index in [0.717, 1.165) is 25.3 Å². The number of ether oxygens (including phenoxy) is 1. The molecule has 0 saturated carbocycles. The molecule has 1 aromatic rings. The predicted molar refractivity (Wildman–Crippen MR) is 60.6 cm³/mol. The molecule has 1 unspecified atom stereocenters. The molecule has 2 heterocycles. The lowest BCUT2D eigenvalue weighted by atomic mass is 10.3. The molecule has 2 rings (SSSR count). The molecule has 0 aliphatic carbocycles. The van der Waals surface area contributed by atoms with Crippen molar-refractivity contribution < 1.29 is 4.74 Å². The van der Waals surface area contributed by atoms with Crippen LogP contribution < -0.4 is 15.4 Å². The molecular weight excluding hydrogens is 214 g/mol. The lowest BCUT2D eigenvalue weighted by Gasteiger charge is -2.18. The van der Waals surface area contributed by atoms with Crippen LogP contribution in [0.5, 0.6) is 5.88 Å². The maximum absolute atomic E-state index is 6.08. The number of methoxy groups -OCH3 is 1. The Morgan fingerprint density at radius 1 is 1.60 bits per heavy atom. The van der Waals surface area contributed by atoms with Gasteiger partial charge in [0.15, 0.2) is 5.82 Å². The van der Waals surface area contributed by atoms with E-state index in [-0.39, 0.29) is 6.04 Å². The first-order valence-corrected chi connectivity index (χ1v) is 5.29. The second kappa shape index (κ2) is 4.24. The highest BCUT2D eigenvalue weighted by Crippen LogP contribution is 2.28. The van der Waals surface area contributed by atoms with Crippen molar-refractivity contribution >= 4 is 17.4 Å². The van der Waals surface area contributed by atoms with Gasteiger partial charge in [-0.25, -0.2) is 0 Å². The maximum Gasteiger partial charge on any atom is 0.214 e. The fourth-order valence-electron chi connectivity index (χ4n) is 1.73. The molecule has 1 aromatic heterocycles. The standard InChI is InChI=1S/C10H14ClN3O/c1-15-9-3-2-8(11)10(13-9)14-5-4-7(12)6-14/h2-3,7H,4-6,12H2,1H3. The van der Waals surface area contributed by atoms with E-state index >= 15 is 0 Å². The van der Waals surface area contributed by atoms with E-state index in [0.29, 0.717) is 10.9 Å². The number of rotatable bonds is 2. The normalized spacial score (nSPS) is 20.7. The van der Waals surface area contributed by atoms with E-state index in [1.807, 2.05) is 0 Å². The first-order valence-electron chi connectivity index (χ1n) is 4.92. The molecule has 0 bridgehead atoms. The largest absolute Gasteiger partial charge is 0.481 e. The Bertz CT molecular complexity index is 359. The SMILES string of the molecule is COc1ccc(Cl)c(N2CCC(N)C2)n1. The minimum absolute atomic E-state index is 0.217. The number of halogens is 1. The van der Waals surface area contributed by atoms with Gasteiger partial charge in [-0.3, -0.25) is 0 Å². The summed E-state index contributed by atoms with van der Waals surface area (Å²) in [6.07, 6.45) is 0.981. The Morgan fingerprint density at radius 3 is 3.00 bits per heavy atom. The van der Waals surface area contributed by atoms with E-state index < -0.39 is 0 Å². The molecule has 0 amide bonds. The third-order valence-electron chi connectivity index (χ3n) is 2.54. The number of anilines is 1. The van der Waals surface area contributed by atoms with Crippen LogP contribution in [0.3, 0.4) is 0 Å². The highest BCUT2D eigenvalue weighted by atomic mass is 35.5. The van der Waals surface area contributed by atoms with Gasteiger partial charge in [0.2, 0.25) is 5.88 Å². The van der Waals surface area contributed by atoms with Crippen molar-refractivity contribution in [3.05, 3.63) is 17.2 Å². The van der Waals surface area contributed by atoms with Crippen LogP contribution in [0.25, 0.3) is 0 Å². The van der Waals surface area contributed by atoms with Crippen molar-refractivity contribution in [3.63, 3.8) is 0 Å². The van der Waals surface area contributed by atoms with Gasteiger partial charge in [0.25, 0.3) is 0 Å². The quantitative estimate of drug-likeness (QED) is 0.827. The number of aromatic nitrogens is 1. The molecule has 1 fully saturated rings. The van der Waals surface area contributed by atoms with Crippen molar-refractivity contribution in [2.24, 2.45) is 5.73 Å². The van der Waals surface area contributed by atoms with Crippen LogP contribution in [0.4, 0.5) is 5.82 Å². The van der Waals surface area contributed by atoms with Crippen molar-refractivity contribution in [2.75, 3.05) is 25.1 Å². The van der Waals surface area contributed by atoms with Crippen LogP contribution in [-0.4, -0.2) is 31.2 Å². The van der Waals surface area contributed by atoms with Crippen molar-refractivity contribution in [1.29, 1.82) is 0 Å². The van der Waals surface area contributed by atoms with Crippen molar-refractivity contribution in [1.82, 2.24) is 4.98 Å². The fourth-order valence-corrected chi connectivity index (χ4v) is 1.95. The van der Waals surface area contributed by atoms with Crippen LogP contribution in [0.2, 0.25) is 5.02 Å². The van der Waals surface area contributed by atoms with Crippen LogP contribution >= 0.6 is 11.6 Å². The second-order valence-corrected chi connectivity index (χ2v) is 4.06. The Labute approximate surface area is 94.0 Å². The number of nitrogens with two attached hydrogens (primary N) is 1. The number of hydrogen-bond donors (Lipinski definition) is 1. The monoisotopic (exact) mass is 227 g/mol. The average molecular weight is 228 g/mol. The smallest absolute Gasteiger partial charge is 0.214 e. The topological polar surface area (TPSA) is 51.4 Å². The zero-order valence-corrected chi connectivity index (χ0v) is 9.37. The summed E-state index contributed by atoms with van der Waals surface area (Å²) in [7, 11) is 1.59. The third kappa shape index (κ3) is 2.16. The van der Waals surface area contributed by atoms with Gasteiger partial charge in [0.1, 0.15) is 0 Å². The van der Waals surface area contributed by atoms with Crippen molar-refractivity contribution in [3.8, 4) is 5.88 Å². The molecule has 0 aromatic carbocycles. The van der Waals surface area contributed by atoms with Crippen LogP contribution in [-0.2, 0) is 0 Å². The van der Waals surface area contributed by atoms with E-state index in [2.05, 4.69) is 9.88 Å². The Hall–Kier alpha value is -1.00. The van der Waals surface area contributed by atoms with Crippen LogP contribution in [0.15, 0.2) is 12.1 Å². The lowest BCUT2D eigenvalue weighted by molar-refractivity contribution is 0.398. The Kier molecular flexibility index (Phi) is 2.98. The molecule has 0 radical (unpaired) electrons. The number of nitrogens with zero attached hydrogens (tertiary/aromatic N) is 2. The highest BCUT2D eigenvalue weighted by Gasteiger charge is 2.22. The van der Waals surface area contributed by atoms with Gasteiger partial charge in [0, 0.05) is 25.2 Å². The molecule has 0 spiro atoms. The van der Waals surface area contributed by atoms with Gasteiger partial charge in [0.05, 0.1) is 12.1 Å². The molecule has 4 nitrogen and oxygen atoms in total. The zero-order chi connectivity index (χ0) is 10.8. The third-order valence-corrected chi connectivity index (χ3v) is 2.83. The molecule has 82 valence electrons. The fraction of sp³-hybridized carbons (Fsp3) is 0.500. The van der Waals surface area contributed by atoms with Crippen LogP contribution in [0, 0.1) is 0 Å². The second-order valence-electron chi connectivity index (χ2n) is 3.65. The Balaban J connectivity index is 2.26. The predicted octanol–water partition coefficient (Wildman–Crippen LogP) is 1.28. The molecule has 1 aliphatic rings. The highest BCUT2D eigenvalue weighted by molar-refractivity contribution is 6.33. The molecule has 5 heteroatoms. The molecule has 1 saturated heterocycles. The van der Waals surface area contributed by atoms with E-state index in [9.17, 15) is 0 Å². The van der Waals surface area contributed by atoms with Crippen LogP contribution in [0.1, 0.15) is 6.42 Å². The molecule has 15 heavy (non-hydrogen) atoms. The summed E-state index contributed by atoms with van der Waals surface area (Å²) in [5.41, 5.74) is 5.84. The van der Waals surface area contributed by atoms with Gasteiger partial charge in [-0.2, -0.15) is 4.98 Å². The Morgan fingerprint density at radius 2 is 2.40 bits per heavy atom. The first-order chi connectivity index (χ1) is 7.20. The summed E-state index contributed by atoms with van der Waals surface area (Å²) in [5.74, 6) is 1.35. The average Bonchev–Trinajstić information content (AvgIpc) is 2.65. The summed E-state index contributed by atoms with van der Waals surface area (Å²) in [6.45, 7) is 1.71. The van der Waals surface area contributed by atoms with Gasteiger partial charge >= 0.3 is 0 Å². The maximum atomic E-state index is 6.08. The molecule has 1 atom stereocenters. The summed E-state index contributed by atoms with van der Waals surface area (Å²) < 4.78 is 5.07. The minimum Gasteiger partial charge on any atom is -0.481 e. The summed E-state index contributed by atoms with van der Waals surface area (Å²) in [6, 6.07) is 3.77. The van der Waals surface area contributed by atoms with Gasteiger partial charge < -0.3 is 15.4 Å². The van der Waals surface area contributed by atoms with Gasteiger partial charge in [-0.15, -0.1) is 0 Å². The first kappa shape index (κ1) is 10.5. The molecule has 1 aliphatic heterocycles. The summed E-state index contributed by atoms with van der Waals surface area (Å²) in [4.78, 5) is 6.42. The number of pyridine rings is 1. The summed E-state index contributed by atoms with van der Waals surface area (Å²) >= 11 is 6.08. The molecule has 2 N–H and O–H groups in total. The van der Waals surface area contributed by atoms with E-state index in [1.165, 1.54) is 0 Å². The minimum atomic E-state index is 0.217. The lowest BCUT2D eigenvalue weighted by Crippen LogP contribution is -2.27. The zero-order valence-electron chi connectivity index (χ0n) is 8.61. The molecular formula is C10H14ClN3O. The van der Waals surface area contributed by atoms with E-state index in [4.69, 9.17) is 22.1 Å². The van der Waals surface area contributed by atoms with Gasteiger partial charge in [-0.1, -0.05) is 11.6 Å². The van der Waals surface area contributed by atoms with Crippen molar-refractivity contribution in [2.45, 2.75) is 12.5 Å². The number of hydrogen-bond acceptors (Lipinski definition) is 4. The van der Waals surface area contributed by atoms with Gasteiger partial charge in [-0.05, 0) is 12.5 Å². The summed E-state index contributed by atoms with van der Waals surface area (Å²) in [5, 5.41) is 0.643.